The van der Waals surface area contributed by atoms with Gasteiger partial charge in [0.1, 0.15) is 6.61 Å². The van der Waals surface area contributed by atoms with Gasteiger partial charge in [-0.2, -0.15) is 13.2 Å². The number of nitrogens with zero attached hydrogens (tertiary/aromatic N) is 2. The normalized spacial score (nSPS) is 20.9. The van der Waals surface area contributed by atoms with E-state index in [1.807, 2.05) is 0 Å². The number of halogens is 3. The highest BCUT2D eigenvalue weighted by Gasteiger charge is 2.27. The first-order valence-electron chi connectivity index (χ1n) is 5.81. The fourth-order valence-corrected chi connectivity index (χ4v) is 1.74. The lowest BCUT2D eigenvalue weighted by Crippen LogP contribution is -2.26. The molecule has 1 unspecified atom stereocenters. The molecule has 18 heavy (non-hydrogen) atoms. The van der Waals surface area contributed by atoms with Crippen LogP contribution in [0.3, 0.4) is 0 Å². The second-order valence-corrected chi connectivity index (χ2v) is 4.12. The average molecular weight is 265 g/mol. The molecule has 1 saturated heterocycles. The van der Waals surface area contributed by atoms with Crippen LogP contribution in [-0.4, -0.2) is 29.5 Å². The summed E-state index contributed by atoms with van der Waals surface area (Å²) in [6.07, 6.45) is -2.45. The van der Waals surface area contributed by atoms with Gasteiger partial charge in [0.15, 0.2) is 0 Å². The predicted molar refractivity (Wildman–Crippen MR) is 55.1 cm³/mol. The molecular weight excluding hydrogens is 251 g/mol. The van der Waals surface area contributed by atoms with E-state index in [2.05, 4.69) is 15.5 Å². The molecule has 0 aliphatic carbocycles. The van der Waals surface area contributed by atoms with Gasteiger partial charge in [0.2, 0.25) is 5.89 Å². The van der Waals surface area contributed by atoms with E-state index in [0.717, 1.165) is 25.8 Å². The Morgan fingerprint density at radius 2 is 2.17 bits per heavy atom. The summed E-state index contributed by atoms with van der Waals surface area (Å²) in [6.45, 7) is 0.362. The standard InChI is InChI=1S/C10H14F3N3O2/c11-10(12,13)4-6-17-9-16-15-8(18-9)7-3-1-2-5-14-7/h7,14H,1-6H2. The highest BCUT2D eigenvalue weighted by molar-refractivity contribution is 4.94. The van der Waals surface area contributed by atoms with Crippen LogP contribution in [0.2, 0.25) is 0 Å². The van der Waals surface area contributed by atoms with Gasteiger partial charge in [-0.25, -0.2) is 0 Å². The summed E-state index contributed by atoms with van der Waals surface area (Å²) < 4.78 is 45.6. The van der Waals surface area contributed by atoms with Gasteiger partial charge in [-0.05, 0) is 19.4 Å². The minimum absolute atomic E-state index is 0.0220. The Hall–Kier alpha value is -1.31. The van der Waals surface area contributed by atoms with Gasteiger partial charge >= 0.3 is 12.3 Å². The van der Waals surface area contributed by atoms with E-state index in [1.54, 1.807) is 0 Å². The number of alkyl halides is 3. The molecule has 0 aromatic carbocycles. The number of nitrogens with one attached hydrogen (secondary N) is 1. The molecule has 2 heterocycles. The Labute approximate surface area is 102 Å². The van der Waals surface area contributed by atoms with Crippen molar-refractivity contribution in [2.24, 2.45) is 0 Å². The average Bonchev–Trinajstić information content (AvgIpc) is 2.77. The molecular formula is C10H14F3N3O2. The predicted octanol–water partition coefficient (Wildman–Crippen LogP) is 2.22. The first-order valence-corrected chi connectivity index (χ1v) is 5.81. The maximum absolute atomic E-state index is 11.9. The second kappa shape index (κ2) is 5.55. The van der Waals surface area contributed by atoms with Crippen LogP contribution in [0.25, 0.3) is 0 Å². The zero-order valence-electron chi connectivity index (χ0n) is 9.66. The molecule has 8 heteroatoms. The van der Waals surface area contributed by atoms with Gasteiger partial charge in [0.05, 0.1) is 12.5 Å². The van der Waals surface area contributed by atoms with Gasteiger partial charge in [0, 0.05) is 0 Å². The Morgan fingerprint density at radius 3 is 2.83 bits per heavy atom. The lowest BCUT2D eigenvalue weighted by Gasteiger charge is -2.19. The highest BCUT2D eigenvalue weighted by atomic mass is 19.4. The third-order valence-corrected chi connectivity index (χ3v) is 2.64. The van der Waals surface area contributed by atoms with Gasteiger partial charge < -0.3 is 14.5 Å². The van der Waals surface area contributed by atoms with Gasteiger partial charge in [-0.3, -0.25) is 0 Å². The fraction of sp³-hybridized carbons (Fsp3) is 0.800. The van der Waals surface area contributed by atoms with Crippen molar-refractivity contribution >= 4 is 0 Å². The number of aromatic nitrogens is 2. The van der Waals surface area contributed by atoms with Crippen molar-refractivity contribution in [3.63, 3.8) is 0 Å². The number of hydrogen-bond acceptors (Lipinski definition) is 5. The third kappa shape index (κ3) is 3.86. The summed E-state index contributed by atoms with van der Waals surface area (Å²) in [5.41, 5.74) is 0. The van der Waals surface area contributed by atoms with E-state index in [4.69, 9.17) is 9.15 Å². The van der Waals surface area contributed by atoms with Gasteiger partial charge in [-0.15, -0.1) is 5.10 Å². The zero-order valence-corrected chi connectivity index (χ0v) is 9.66. The third-order valence-electron chi connectivity index (χ3n) is 2.64. The second-order valence-electron chi connectivity index (χ2n) is 4.12. The minimum atomic E-state index is -4.24. The molecule has 1 aromatic rings. The monoisotopic (exact) mass is 265 g/mol. The molecule has 1 N–H and O–H groups in total. The topological polar surface area (TPSA) is 60.2 Å². The van der Waals surface area contributed by atoms with Crippen LogP contribution in [0.5, 0.6) is 6.08 Å². The summed E-state index contributed by atoms with van der Waals surface area (Å²) in [7, 11) is 0. The SMILES string of the molecule is FC(F)(F)CCOc1nnc(C2CCCCN2)o1. The number of piperidine rings is 1. The molecule has 0 amide bonds. The van der Waals surface area contributed by atoms with Crippen LogP contribution < -0.4 is 10.1 Å². The smallest absolute Gasteiger partial charge is 0.414 e. The van der Waals surface area contributed by atoms with Crippen molar-refractivity contribution in [1.29, 1.82) is 0 Å². The zero-order chi connectivity index (χ0) is 13.0. The van der Waals surface area contributed by atoms with E-state index in [1.165, 1.54) is 0 Å². The lowest BCUT2D eigenvalue weighted by molar-refractivity contribution is -0.140. The first kappa shape index (κ1) is 13.1. The number of rotatable bonds is 4. The van der Waals surface area contributed by atoms with Crippen LogP contribution in [-0.2, 0) is 0 Å². The van der Waals surface area contributed by atoms with E-state index >= 15 is 0 Å². The van der Waals surface area contributed by atoms with Crippen LogP contribution in [0.15, 0.2) is 4.42 Å². The van der Waals surface area contributed by atoms with Gasteiger partial charge in [0.25, 0.3) is 0 Å². The van der Waals surface area contributed by atoms with Gasteiger partial charge in [-0.1, -0.05) is 11.5 Å². The summed E-state index contributed by atoms with van der Waals surface area (Å²) in [5.74, 6) is 0.372. The maximum atomic E-state index is 11.9. The molecule has 1 fully saturated rings. The van der Waals surface area contributed by atoms with Crippen LogP contribution >= 0.6 is 0 Å². The molecule has 1 aromatic heterocycles. The highest BCUT2D eigenvalue weighted by Crippen LogP contribution is 2.24. The number of ether oxygens (including phenoxy) is 1. The van der Waals surface area contributed by atoms with Crippen molar-refractivity contribution in [2.45, 2.75) is 37.9 Å². The molecule has 2 rings (SSSR count). The molecule has 5 nitrogen and oxygen atoms in total. The Morgan fingerprint density at radius 1 is 1.33 bits per heavy atom. The Kier molecular flexibility index (Phi) is 4.05. The van der Waals surface area contributed by atoms with Crippen LogP contribution in [0, 0.1) is 0 Å². The fourth-order valence-electron chi connectivity index (χ4n) is 1.74. The Bertz CT molecular complexity index is 375. The van der Waals surface area contributed by atoms with Crippen molar-refractivity contribution in [3.8, 4) is 6.08 Å². The summed E-state index contributed by atoms with van der Waals surface area (Å²) >= 11 is 0. The lowest BCUT2D eigenvalue weighted by atomic mass is 10.1. The van der Waals surface area contributed by atoms with Crippen molar-refractivity contribution in [3.05, 3.63) is 5.89 Å². The maximum Gasteiger partial charge on any atom is 0.414 e. The van der Waals surface area contributed by atoms with E-state index in [-0.39, 0.29) is 12.1 Å². The summed E-state index contributed by atoms with van der Waals surface area (Å²) in [6, 6.07) is -0.0220. The molecule has 0 saturated carbocycles. The molecule has 1 aliphatic rings. The first-order chi connectivity index (χ1) is 8.54. The molecule has 1 aliphatic heterocycles. The molecule has 1 atom stereocenters. The summed E-state index contributed by atoms with van der Waals surface area (Å²) in [4.78, 5) is 0. The van der Waals surface area contributed by atoms with E-state index in [0.29, 0.717) is 5.89 Å². The van der Waals surface area contributed by atoms with Crippen LogP contribution in [0.4, 0.5) is 13.2 Å². The van der Waals surface area contributed by atoms with Crippen molar-refractivity contribution < 1.29 is 22.3 Å². The molecule has 102 valence electrons. The van der Waals surface area contributed by atoms with Crippen molar-refractivity contribution in [2.75, 3.05) is 13.2 Å². The molecule has 0 bridgehead atoms. The van der Waals surface area contributed by atoms with Crippen molar-refractivity contribution in [1.82, 2.24) is 15.5 Å². The summed E-state index contributed by atoms with van der Waals surface area (Å²) in [5, 5.41) is 10.5. The molecule has 0 radical (unpaired) electrons. The quantitative estimate of drug-likeness (QED) is 0.904. The van der Waals surface area contributed by atoms with Crippen LogP contribution in [0.1, 0.15) is 37.6 Å². The number of hydrogen-bond donors (Lipinski definition) is 1. The Balaban J connectivity index is 1.82. The van der Waals surface area contributed by atoms with E-state index in [9.17, 15) is 13.2 Å². The van der Waals surface area contributed by atoms with E-state index < -0.39 is 19.2 Å². The molecule has 0 spiro atoms. The largest absolute Gasteiger partial charge is 0.449 e. The minimum Gasteiger partial charge on any atom is -0.449 e.